The van der Waals surface area contributed by atoms with Gasteiger partial charge in [-0.3, -0.25) is 0 Å². The van der Waals surface area contributed by atoms with Crippen LogP contribution in [0.25, 0.3) is 0 Å². The summed E-state index contributed by atoms with van der Waals surface area (Å²) in [5.74, 6) is 1.26. The highest BCUT2D eigenvalue weighted by Gasteiger charge is 2.11. The highest BCUT2D eigenvalue weighted by molar-refractivity contribution is 7.89. The van der Waals surface area contributed by atoms with Crippen LogP contribution < -0.4 is 14.3 Å². The molecule has 1 N–H and O–H groups in total. The summed E-state index contributed by atoms with van der Waals surface area (Å²) in [4.78, 5) is 2.34. The molecule has 0 aliphatic carbocycles. The SMILES string of the molecule is CCOc1ccc(/C=N/NS(=O)(=O)c2ccccc2)c(OCC)c1. The second-order valence-corrected chi connectivity index (χ2v) is 6.39. The number of nitrogens with zero attached hydrogens (tertiary/aromatic N) is 1. The third-order valence-corrected chi connectivity index (χ3v) is 4.26. The lowest BCUT2D eigenvalue weighted by molar-refractivity contribution is 0.323. The van der Waals surface area contributed by atoms with Crippen molar-refractivity contribution in [3.05, 3.63) is 54.1 Å². The van der Waals surface area contributed by atoms with E-state index in [1.165, 1.54) is 18.3 Å². The normalized spacial score (nSPS) is 11.4. The minimum atomic E-state index is -3.69. The molecule has 24 heavy (non-hydrogen) atoms. The predicted molar refractivity (Wildman–Crippen MR) is 93.1 cm³/mol. The van der Waals surface area contributed by atoms with Gasteiger partial charge in [-0.15, -0.1) is 0 Å². The van der Waals surface area contributed by atoms with Gasteiger partial charge in [-0.25, -0.2) is 4.83 Å². The van der Waals surface area contributed by atoms with Gasteiger partial charge in [-0.2, -0.15) is 13.5 Å². The highest BCUT2D eigenvalue weighted by atomic mass is 32.2. The molecule has 6 nitrogen and oxygen atoms in total. The smallest absolute Gasteiger partial charge is 0.276 e. The standard InChI is InChI=1S/C17H20N2O4S/c1-3-22-15-11-10-14(17(12-15)23-4-2)13-18-19-24(20,21)16-8-6-5-7-9-16/h5-13,19H,3-4H2,1-2H3/b18-13+. The fraction of sp³-hybridized carbons (Fsp3) is 0.235. The average molecular weight is 348 g/mol. The number of hydrogen-bond acceptors (Lipinski definition) is 5. The lowest BCUT2D eigenvalue weighted by Crippen LogP contribution is -2.18. The van der Waals surface area contributed by atoms with Crippen LogP contribution in [0, 0.1) is 0 Å². The molecule has 0 aliphatic heterocycles. The van der Waals surface area contributed by atoms with Crippen molar-refractivity contribution in [3.63, 3.8) is 0 Å². The maximum atomic E-state index is 12.1. The summed E-state index contributed by atoms with van der Waals surface area (Å²) in [5, 5.41) is 3.82. The van der Waals surface area contributed by atoms with E-state index in [1.54, 1.807) is 36.4 Å². The molecule has 0 aliphatic rings. The Labute approximate surface area is 142 Å². The van der Waals surface area contributed by atoms with Crippen molar-refractivity contribution >= 4 is 16.2 Å². The van der Waals surface area contributed by atoms with Gasteiger partial charge in [-0.05, 0) is 38.1 Å². The van der Waals surface area contributed by atoms with Crippen LogP contribution in [0.4, 0.5) is 0 Å². The molecular weight excluding hydrogens is 328 g/mol. The Kier molecular flexibility index (Phi) is 6.20. The topological polar surface area (TPSA) is 77.0 Å². The van der Waals surface area contributed by atoms with Gasteiger partial charge in [-0.1, -0.05) is 18.2 Å². The molecule has 0 saturated heterocycles. The van der Waals surface area contributed by atoms with Gasteiger partial charge in [0, 0.05) is 11.6 Å². The molecule has 0 heterocycles. The third-order valence-electron chi connectivity index (χ3n) is 3.03. The molecule has 2 rings (SSSR count). The van der Waals surface area contributed by atoms with E-state index in [0.29, 0.717) is 30.3 Å². The van der Waals surface area contributed by atoms with E-state index in [1.807, 2.05) is 13.8 Å². The Hall–Kier alpha value is -2.54. The van der Waals surface area contributed by atoms with Crippen LogP contribution in [-0.4, -0.2) is 27.8 Å². The van der Waals surface area contributed by atoms with E-state index < -0.39 is 10.0 Å². The van der Waals surface area contributed by atoms with E-state index in [9.17, 15) is 8.42 Å². The van der Waals surface area contributed by atoms with E-state index in [-0.39, 0.29) is 4.90 Å². The average Bonchev–Trinajstić information content (AvgIpc) is 2.58. The molecule has 2 aromatic rings. The molecule has 0 saturated carbocycles. The van der Waals surface area contributed by atoms with E-state index in [2.05, 4.69) is 9.93 Å². The van der Waals surface area contributed by atoms with Crippen LogP contribution in [-0.2, 0) is 10.0 Å². The van der Waals surface area contributed by atoms with Crippen molar-refractivity contribution in [2.45, 2.75) is 18.7 Å². The van der Waals surface area contributed by atoms with Crippen LogP contribution in [0.15, 0.2) is 58.5 Å². The first kappa shape index (κ1) is 17.8. The monoisotopic (exact) mass is 348 g/mol. The van der Waals surface area contributed by atoms with Crippen molar-refractivity contribution in [1.82, 2.24) is 4.83 Å². The number of hydrazone groups is 1. The minimum absolute atomic E-state index is 0.152. The number of ether oxygens (including phenoxy) is 2. The number of nitrogens with one attached hydrogen (secondary N) is 1. The lowest BCUT2D eigenvalue weighted by Gasteiger charge is -2.10. The van der Waals surface area contributed by atoms with Crippen LogP contribution in [0.5, 0.6) is 11.5 Å². The summed E-state index contributed by atoms with van der Waals surface area (Å²) in [7, 11) is -3.69. The van der Waals surface area contributed by atoms with Crippen LogP contribution >= 0.6 is 0 Å². The summed E-state index contributed by atoms with van der Waals surface area (Å²) in [6.45, 7) is 4.79. The molecule has 2 aromatic carbocycles. The quantitative estimate of drug-likeness (QED) is 0.588. The van der Waals surface area contributed by atoms with Crippen LogP contribution in [0.1, 0.15) is 19.4 Å². The zero-order valence-corrected chi connectivity index (χ0v) is 14.4. The fourth-order valence-electron chi connectivity index (χ4n) is 1.98. The zero-order chi connectivity index (χ0) is 17.4. The fourth-order valence-corrected chi connectivity index (χ4v) is 2.79. The molecule has 0 spiro atoms. The minimum Gasteiger partial charge on any atom is -0.494 e. The molecule has 0 amide bonds. The first-order chi connectivity index (χ1) is 11.6. The molecule has 0 aromatic heterocycles. The first-order valence-electron chi connectivity index (χ1n) is 7.56. The maximum Gasteiger partial charge on any atom is 0.276 e. The summed E-state index contributed by atoms with van der Waals surface area (Å²) in [6, 6.07) is 13.3. The number of rotatable bonds is 8. The molecular formula is C17H20N2O4S. The Morgan fingerprint density at radius 2 is 1.75 bits per heavy atom. The van der Waals surface area contributed by atoms with Crippen molar-refractivity contribution in [3.8, 4) is 11.5 Å². The lowest BCUT2D eigenvalue weighted by atomic mass is 10.2. The van der Waals surface area contributed by atoms with E-state index in [4.69, 9.17) is 9.47 Å². The van der Waals surface area contributed by atoms with Gasteiger partial charge in [0.25, 0.3) is 10.0 Å². The molecule has 0 fully saturated rings. The second-order valence-electron chi connectivity index (χ2n) is 4.73. The highest BCUT2D eigenvalue weighted by Crippen LogP contribution is 2.24. The predicted octanol–water partition coefficient (Wildman–Crippen LogP) is 2.80. The molecule has 7 heteroatoms. The number of hydrogen-bond donors (Lipinski definition) is 1. The van der Waals surface area contributed by atoms with Gasteiger partial charge in [0.15, 0.2) is 0 Å². The summed E-state index contributed by atoms with van der Waals surface area (Å²) >= 11 is 0. The molecule has 0 unspecified atom stereocenters. The van der Waals surface area contributed by atoms with Crippen molar-refractivity contribution in [2.24, 2.45) is 5.10 Å². The van der Waals surface area contributed by atoms with Gasteiger partial charge in [0.05, 0.1) is 24.3 Å². The third kappa shape index (κ3) is 4.73. The summed E-state index contributed by atoms with van der Waals surface area (Å²) in [6.07, 6.45) is 1.40. The second kappa shape index (κ2) is 8.35. The number of sulfonamides is 1. The van der Waals surface area contributed by atoms with E-state index in [0.717, 1.165) is 0 Å². The van der Waals surface area contributed by atoms with Gasteiger partial charge < -0.3 is 9.47 Å². The van der Waals surface area contributed by atoms with Crippen LogP contribution in [0.3, 0.4) is 0 Å². The number of benzene rings is 2. The van der Waals surface area contributed by atoms with Gasteiger partial charge in [0.1, 0.15) is 11.5 Å². The molecule has 128 valence electrons. The Balaban J connectivity index is 2.16. The Morgan fingerprint density at radius 1 is 1.04 bits per heavy atom. The zero-order valence-electron chi connectivity index (χ0n) is 13.6. The van der Waals surface area contributed by atoms with E-state index >= 15 is 0 Å². The molecule has 0 bridgehead atoms. The van der Waals surface area contributed by atoms with Crippen molar-refractivity contribution < 1.29 is 17.9 Å². The summed E-state index contributed by atoms with van der Waals surface area (Å²) < 4.78 is 35.2. The first-order valence-corrected chi connectivity index (χ1v) is 9.04. The Morgan fingerprint density at radius 3 is 2.42 bits per heavy atom. The largest absolute Gasteiger partial charge is 0.494 e. The van der Waals surface area contributed by atoms with Crippen molar-refractivity contribution in [1.29, 1.82) is 0 Å². The van der Waals surface area contributed by atoms with Gasteiger partial charge in [0.2, 0.25) is 0 Å². The Bertz CT molecular complexity index is 789. The maximum absolute atomic E-state index is 12.1. The molecule has 0 radical (unpaired) electrons. The van der Waals surface area contributed by atoms with Crippen LogP contribution in [0.2, 0.25) is 0 Å². The van der Waals surface area contributed by atoms with Gasteiger partial charge >= 0.3 is 0 Å². The van der Waals surface area contributed by atoms with Crippen molar-refractivity contribution in [2.75, 3.05) is 13.2 Å². The summed E-state index contributed by atoms with van der Waals surface area (Å²) in [5.41, 5.74) is 0.649. The molecule has 0 atom stereocenters.